The van der Waals surface area contributed by atoms with Crippen LogP contribution >= 0.6 is 0 Å². The van der Waals surface area contributed by atoms with E-state index < -0.39 is 0 Å². The van der Waals surface area contributed by atoms with Gasteiger partial charge in [0.15, 0.2) is 0 Å². The molecule has 0 saturated heterocycles. The summed E-state index contributed by atoms with van der Waals surface area (Å²) in [5.74, 6) is 0.298. The SMILES string of the molecule is CCc1cccnc1CNC(=O)c1cncc(NC)n1. The molecule has 2 aromatic rings. The number of anilines is 1. The van der Waals surface area contributed by atoms with Crippen molar-refractivity contribution in [1.29, 1.82) is 0 Å². The summed E-state index contributed by atoms with van der Waals surface area (Å²) in [7, 11) is 1.73. The van der Waals surface area contributed by atoms with E-state index in [1.54, 1.807) is 19.4 Å². The van der Waals surface area contributed by atoms with Crippen LogP contribution in [0.2, 0.25) is 0 Å². The lowest BCUT2D eigenvalue weighted by Gasteiger charge is -2.08. The highest BCUT2D eigenvalue weighted by molar-refractivity contribution is 5.92. The van der Waals surface area contributed by atoms with Gasteiger partial charge < -0.3 is 10.6 Å². The Hall–Kier alpha value is -2.50. The molecule has 0 aromatic carbocycles. The third-order valence-corrected chi connectivity index (χ3v) is 2.91. The molecule has 2 aromatic heterocycles. The second kappa shape index (κ2) is 6.60. The van der Waals surface area contributed by atoms with Gasteiger partial charge in [0.2, 0.25) is 0 Å². The predicted molar refractivity (Wildman–Crippen MR) is 76.4 cm³/mol. The fourth-order valence-corrected chi connectivity index (χ4v) is 1.80. The monoisotopic (exact) mass is 271 g/mol. The van der Waals surface area contributed by atoms with Gasteiger partial charge in [-0.05, 0) is 18.1 Å². The van der Waals surface area contributed by atoms with Crippen molar-refractivity contribution in [3.8, 4) is 0 Å². The number of amides is 1. The van der Waals surface area contributed by atoms with Gasteiger partial charge in [0.05, 0.1) is 24.6 Å². The van der Waals surface area contributed by atoms with Gasteiger partial charge in [-0.25, -0.2) is 4.98 Å². The first-order valence-electron chi connectivity index (χ1n) is 6.45. The number of nitrogens with zero attached hydrogens (tertiary/aromatic N) is 3. The van der Waals surface area contributed by atoms with Crippen molar-refractivity contribution in [3.63, 3.8) is 0 Å². The van der Waals surface area contributed by atoms with Crippen LogP contribution in [0.1, 0.15) is 28.7 Å². The predicted octanol–water partition coefficient (Wildman–Crippen LogP) is 1.41. The lowest BCUT2D eigenvalue weighted by Crippen LogP contribution is -2.25. The van der Waals surface area contributed by atoms with E-state index in [1.807, 2.05) is 12.1 Å². The first-order chi connectivity index (χ1) is 9.74. The van der Waals surface area contributed by atoms with Crippen LogP contribution in [0.4, 0.5) is 5.82 Å². The van der Waals surface area contributed by atoms with Crippen molar-refractivity contribution >= 4 is 11.7 Å². The zero-order chi connectivity index (χ0) is 14.4. The first-order valence-corrected chi connectivity index (χ1v) is 6.45. The molecule has 0 aliphatic heterocycles. The number of carbonyl (C=O) groups is 1. The van der Waals surface area contributed by atoms with Gasteiger partial charge >= 0.3 is 0 Å². The Labute approximate surface area is 117 Å². The Bertz CT molecular complexity index is 600. The van der Waals surface area contributed by atoms with Gasteiger partial charge in [-0.15, -0.1) is 0 Å². The number of nitrogens with one attached hydrogen (secondary N) is 2. The highest BCUT2D eigenvalue weighted by Gasteiger charge is 2.09. The normalized spacial score (nSPS) is 10.1. The molecule has 6 nitrogen and oxygen atoms in total. The van der Waals surface area contributed by atoms with Gasteiger partial charge in [-0.2, -0.15) is 0 Å². The maximum atomic E-state index is 12.0. The van der Waals surface area contributed by atoms with Crippen LogP contribution in [0.3, 0.4) is 0 Å². The van der Waals surface area contributed by atoms with E-state index in [2.05, 4.69) is 32.5 Å². The molecule has 2 heterocycles. The molecule has 2 rings (SSSR count). The van der Waals surface area contributed by atoms with E-state index >= 15 is 0 Å². The summed E-state index contributed by atoms with van der Waals surface area (Å²) in [6.45, 7) is 2.44. The molecular formula is C14H17N5O. The number of aromatic nitrogens is 3. The Kier molecular flexibility index (Phi) is 4.60. The number of rotatable bonds is 5. The minimum Gasteiger partial charge on any atom is -0.372 e. The van der Waals surface area contributed by atoms with E-state index in [1.165, 1.54) is 6.20 Å². The number of hydrogen-bond donors (Lipinski definition) is 2. The fourth-order valence-electron chi connectivity index (χ4n) is 1.80. The molecule has 0 radical (unpaired) electrons. The minimum absolute atomic E-state index is 0.262. The van der Waals surface area contributed by atoms with Crippen molar-refractivity contribution in [2.75, 3.05) is 12.4 Å². The summed E-state index contributed by atoms with van der Waals surface area (Å²) in [4.78, 5) is 24.4. The number of aryl methyl sites for hydroxylation is 1. The van der Waals surface area contributed by atoms with Crippen molar-refractivity contribution in [2.45, 2.75) is 19.9 Å². The molecule has 0 fully saturated rings. The van der Waals surface area contributed by atoms with Gasteiger partial charge in [-0.3, -0.25) is 14.8 Å². The zero-order valence-electron chi connectivity index (χ0n) is 11.6. The highest BCUT2D eigenvalue weighted by atomic mass is 16.1. The molecule has 6 heteroatoms. The largest absolute Gasteiger partial charge is 0.372 e. The number of hydrogen-bond acceptors (Lipinski definition) is 5. The molecule has 1 amide bonds. The maximum absolute atomic E-state index is 12.0. The molecule has 0 atom stereocenters. The van der Waals surface area contributed by atoms with Crippen LogP contribution in [0.15, 0.2) is 30.7 Å². The molecule has 0 saturated carbocycles. The first kappa shape index (κ1) is 13.9. The van der Waals surface area contributed by atoms with Crippen LogP contribution in [0.5, 0.6) is 0 Å². The second-order valence-electron chi connectivity index (χ2n) is 4.19. The number of pyridine rings is 1. The Morgan fingerprint density at radius 3 is 2.95 bits per heavy atom. The molecule has 0 spiro atoms. The van der Waals surface area contributed by atoms with Gasteiger partial charge in [-0.1, -0.05) is 13.0 Å². The van der Waals surface area contributed by atoms with Crippen LogP contribution in [-0.2, 0) is 13.0 Å². The van der Waals surface area contributed by atoms with Gasteiger partial charge in [0.1, 0.15) is 11.5 Å². The highest BCUT2D eigenvalue weighted by Crippen LogP contribution is 2.06. The quantitative estimate of drug-likeness (QED) is 0.859. The molecule has 0 bridgehead atoms. The van der Waals surface area contributed by atoms with Crippen LogP contribution in [-0.4, -0.2) is 27.9 Å². The molecule has 0 aliphatic rings. The second-order valence-corrected chi connectivity index (χ2v) is 4.19. The van der Waals surface area contributed by atoms with Crippen LogP contribution in [0.25, 0.3) is 0 Å². The average molecular weight is 271 g/mol. The Balaban J connectivity index is 2.04. The third-order valence-electron chi connectivity index (χ3n) is 2.91. The van der Waals surface area contributed by atoms with Crippen molar-refractivity contribution in [2.24, 2.45) is 0 Å². The Morgan fingerprint density at radius 1 is 1.35 bits per heavy atom. The Morgan fingerprint density at radius 2 is 2.20 bits per heavy atom. The van der Waals surface area contributed by atoms with E-state index in [0.29, 0.717) is 12.4 Å². The molecule has 2 N–H and O–H groups in total. The smallest absolute Gasteiger partial charge is 0.271 e. The number of carbonyl (C=O) groups excluding carboxylic acids is 1. The molecule has 104 valence electrons. The molecule has 0 aliphatic carbocycles. The lowest BCUT2D eigenvalue weighted by atomic mass is 10.1. The molecule has 0 unspecified atom stereocenters. The average Bonchev–Trinajstić information content (AvgIpc) is 2.52. The van der Waals surface area contributed by atoms with E-state index in [-0.39, 0.29) is 11.6 Å². The minimum atomic E-state index is -0.262. The summed E-state index contributed by atoms with van der Waals surface area (Å²) in [6, 6.07) is 3.90. The van der Waals surface area contributed by atoms with Gasteiger partial charge in [0.25, 0.3) is 5.91 Å². The topological polar surface area (TPSA) is 79.8 Å². The van der Waals surface area contributed by atoms with Crippen LogP contribution < -0.4 is 10.6 Å². The zero-order valence-corrected chi connectivity index (χ0v) is 11.6. The molecule has 20 heavy (non-hydrogen) atoms. The van der Waals surface area contributed by atoms with E-state index in [4.69, 9.17) is 0 Å². The summed E-state index contributed by atoms with van der Waals surface area (Å²) in [6.07, 6.45) is 5.61. The maximum Gasteiger partial charge on any atom is 0.271 e. The van der Waals surface area contributed by atoms with Gasteiger partial charge in [0, 0.05) is 13.2 Å². The standard InChI is InChI=1S/C14H17N5O/c1-3-10-5-4-6-17-11(10)8-18-14(20)12-7-16-9-13(15-2)19-12/h4-7,9H,3,8H2,1-2H3,(H,15,19)(H,18,20). The third kappa shape index (κ3) is 3.28. The summed E-state index contributed by atoms with van der Waals surface area (Å²) in [5, 5.41) is 5.66. The summed E-state index contributed by atoms with van der Waals surface area (Å²) in [5.41, 5.74) is 2.29. The van der Waals surface area contributed by atoms with Crippen molar-refractivity contribution in [3.05, 3.63) is 47.7 Å². The van der Waals surface area contributed by atoms with E-state index in [0.717, 1.165) is 17.7 Å². The molecular weight excluding hydrogens is 254 g/mol. The fraction of sp³-hybridized carbons (Fsp3) is 0.286. The van der Waals surface area contributed by atoms with Crippen molar-refractivity contribution in [1.82, 2.24) is 20.3 Å². The summed E-state index contributed by atoms with van der Waals surface area (Å²) < 4.78 is 0. The lowest BCUT2D eigenvalue weighted by molar-refractivity contribution is 0.0945. The van der Waals surface area contributed by atoms with E-state index in [9.17, 15) is 4.79 Å². The van der Waals surface area contributed by atoms with Crippen molar-refractivity contribution < 1.29 is 4.79 Å². The summed E-state index contributed by atoms with van der Waals surface area (Å²) >= 11 is 0. The van der Waals surface area contributed by atoms with Crippen LogP contribution in [0, 0.1) is 0 Å².